The molecule has 2 rings (SSSR count). The van der Waals surface area contributed by atoms with Crippen molar-refractivity contribution in [1.82, 2.24) is 10.3 Å². The van der Waals surface area contributed by atoms with Crippen LogP contribution in [0.5, 0.6) is 0 Å². The van der Waals surface area contributed by atoms with Crippen LogP contribution in [0.1, 0.15) is 11.4 Å². The van der Waals surface area contributed by atoms with E-state index < -0.39 is 0 Å². The van der Waals surface area contributed by atoms with Crippen molar-refractivity contribution < 1.29 is 4.79 Å². The molecule has 5 heteroatoms. The molecule has 3 nitrogen and oxygen atoms in total. The van der Waals surface area contributed by atoms with E-state index in [4.69, 9.17) is 12.2 Å². The average Bonchev–Trinajstić information content (AvgIpc) is 2.45. The van der Waals surface area contributed by atoms with E-state index in [1.165, 1.54) is 11.8 Å². The Morgan fingerprint density at radius 1 is 1.53 bits per heavy atom. The van der Waals surface area contributed by atoms with Crippen molar-refractivity contribution in [2.24, 2.45) is 0 Å². The summed E-state index contributed by atoms with van der Waals surface area (Å²) in [7, 11) is 0. The van der Waals surface area contributed by atoms with E-state index in [0.717, 1.165) is 11.4 Å². The van der Waals surface area contributed by atoms with Crippen LogP contribution < -0.4 is 5.32 Å². The Hall–Kier alpha value is -1.20. The molecule has 1 aromatic rings. The van der Waals surface area contributed by atoms with E-state index in [9.17, 15) is 4.79 Å². The Balaban J connectivity index is 2.31. The van der Waals surface area contributed by atoms with Gasteiger partial charge in [-0.1, -0.05) is 30.0 Å². The number of rotatable bonds is 1. The zero-order valence-corrected chi connectivity index (χ0v) is 9.61. The molecule has 1 saturated heterocycles. The summed E-state index contributed by atoms with van der Waals surface area (Å²) in [6, 6.07) is 5.67. The highest BCUT2D eigenvalue weighted by Crippen LogP contribution is 2.25. The first-order valence-corrected chi connectivity index (χ1v) is 5.56. The monoisotopic (exact) mass is 236 g/mol. The van der Waals surface area contributed by atoms with Gasteiger partial charge in [-0.15, -0.1) is 0 Å². The summed E-state index contributed by atoms with van der Waals surface area (Å²) in [6.45, 7) is 1.91. The highest BCUT2D eigenvalue weighted by Gasteiger charge is 2.21. The molecule has 76 valence electrons. The molecule has 0 radical (unpaired) electrons. The number of pyridine rings is 1. The van der Waals surface area contributed by atoms with Crippen LogP contribution in [-0.2, 0) is 4.79 Å². The second-order valence-corrected chi connectivity index (χ2v) is 4.77. The van der Waals surface area contributed by atoms with Crippen LogP contribution in [0.4, 0.5) is 0 Å². The normalized spacial score (nSPS) is 18.3. The maximum absolute atomic E-state index is 11.4. The lowest BCUT2D eigenvalue weighted by Gasteiger charge is -1.95. The Kier molecular flexibility index (Phi) is 2.83. The molecule has 0 bridgehead atoms. The summed E-state index contributed by atoms with van der Waals surface area (Å²) < 4.78 is 0.499. The predicted octanol–water partition coefficient (Wildman–Crippen LogP) is 1.88. The van der Waals surface area contributed by atoms with Gasteiger partial charge in [-0.2, -0.15) is 0 Å². The van der Waals surface area contributed by atoms with Crippen LogP contribution in [0.15, 0.2) is 23.1 Å². The maximum atomic E-state index is 11.4. The molecule has 1 aliphatic rings. The quantitative estimate of drug-likeness (QED) is 0.597. The third kappa shape index (κ3) is 2.43. The minimum absolute atomic E-state index is 0.145. The molecule has 1 fully saturated rings. The molecule has 1 N–H and O–H groups in total. The Bertz CT molecular complexity index is 468. The van der Waals surface area contributed by atoms with Gasteiger partial charge in [-0.05, 0) is 25.1 Å². The fraction of sp³-hybridized carbons (Fsp3) is 0.100. The Labute approximate surface area is 97.0 Å². The van der Waals surface area contributed by atoms with Crippen molar-refractivity contribution in [2.45, 2.75) is 6.92 Å². The number of aryl methyl sites for hydroxylation is 1. The summed E-state index contributed by atoms with van der Waals surface area (Å²) in [4.78, 5) is 16.2. The van der Waals surface area contributed by atoms with Crippen LogP contribution >= 0.6 is 24.0 Å². The van der Waals surface area contributed by atoms with Gasteiger partial charge in [0.15, 0.2) is 0 Å². The number of hydrogen-bond donors (Lipinski definition) is 1. The smallest absolute Gasteiger partial charge is 0.263 e. The van der Waals surface area contributed by atoms with Gasteiger partial charge in [0.25, 0.3) is 5.91 Å². The zero-order chi connectivity index (χ0) is 10.8. The number of carbonyl (C=O) groups is 1. The van der Waals surface area contributed by atoms with E-state index in [1.54, 1.807) is 6.08 Å². The van der Waals surface area contributed by atoms with Gasteiger partial charge in [0.1, 0.15) is 4.32 Å². The second-order valence-electron chi connectivity index (χ2n) is 3.06. The fourth-order valence-electron chi connectivity index (χ4n) is 1.20. The van der Waals surface area contributed by atoms with Crippen LogP contribution in [0.25, 0.3) is 6.08 Å². The highest BCUT2D eigenvalue weighted by atomic mass is 32.2. The molecule has 1 amide bonds. The summed E-state index contributed by atoms with van der Waals surface area (Å²) in [6.07, 6.45) is 1.74. The number of thioether (sulfide) groups is 1. The van der Waals surface area contributed by atoms with Gasteiger partial charge in [0, 0.05) is 5.69 Å². The second kappa shape index (κ2) is 4.12. The molecule has 0 aromatic carbocycles. The van der Waals surface area contributed by atoms with Crippen LogP contribution in [0.2, 0.25) is 0 Å². The molecular formula is C10H8N2OS2. The molecule has 2 heterocycles. The highest BCUT2D eigenvalue weighted by molar-refractivity contribution is 8.26. The molecule has 0 unspecified atom stereocenters. The molecule has 0 saturated carbocycles. The first-order valence-electron chi connectivity index (χ1n) is 4.34. The number of amides is 1. The number of hydrogen-bond acceptors (Lipinski definition) is 4. The van der Waals surface area contributed by atoms with Gasteiger partial charge in [0.2, 0.25) is 0 Å². The van der Waals surface area contributed by atoms with Crippen molar-refractivity contribution in [3.8, 4) is 0 Å². The van der Waals surface area contributed by atoms with Crippen molar-refractivity contribution in [1.29, 1.82) is 0 Å². The Morgan fingerprint density at radius 2 is 2.33 bits per heavy atom. The molecule has 1 aromatic heterocycles. The summed E-state index contributed by atoms with van der Waals surface area (Å²) >= 11 is 6.15. The SMILES string of the molecule is Cc1cccc(/C=C2/SC(=S)NC2=O)n1. The van der Waals surface area contributed by atoms with Gasteiger partial charge in [-0.3, -0.25) is 9.78 Å². The summed E-state index contributed by atoms with van der Waals surface area (Å²) in [5, 5.41) is 2.56. The minimum Gasteiger partial charge on any atom is -0.307 e. The lowest BCUT2D eigenvalue weighted by molar-refractivity contribution is -0.115. The topological polar surface area (TPSA) is 42.0 Å². The van der Waals surface area contributed by atoms with Crippen LogP contribution in [0, 0.1) is 6.92 Å². The zero-order valence-electron chi connectivity index (χ0n) is 7.98. The number of nitrogens with zero attached hydrogens (tertiary/aromatic N) is 1. The first kappa shape index (κ1) is 10.3. The fourth-order valence-corrected chi connectivity index (χ4v) is 2.23. The molecule has 0 atom stereocenters. The van der Waals surface area contributed by atoms with Gasteiger partial charge >= 0.3 is 0 Å². The van der Waals surface area contributed by atoms with E-state index >= 15 is 0 Å². The van der Waals surface area contributed by atoms with Gasteiger partial charge < -0.3 is 5.32 Å². The van der Waals surface area contributed by atoms with Crippen molar-refractivity contribution in [3.63, 3.8) is 0 Å². The third-order valence-corrected chi connectivity index (χ3v) is 2.99. The van der Waals surface area contributed by atoms with Crippen molar-refractivity contribution >= 4 is 40.3 Å². The maximum Gasteiger partial charge on any atom is 0.263 e. The molecule has 0 spiro atoms. The first-order chi connectivity index (χ1) is 7.15. The summed E-state index contributed by atoms with van der Waals surface area (Å²) in [5.74, 6) is -0.145. The Morgan fingerprint density at radius 3 is 2.93 bits per heavy atom. The van der Waals surface area contributed by atoms with Crippen LogP contribution in [0.3, 0.4) is 0 Å². The van der Waals surface area contributed by atoms with E-state index in [0.29, 0.717) is 9.23 Å². The standard InChI is InChI=1S/C10H8N2OS2/c1-6-3-2-4-7(11-6)5-8-9(13)12-10(14)15-8/h2-5H,1H3,(H,12,13,14)/b8-5+. The van der Waals surface area contributed by atoms with Crippen molar-refractivity contribution in [2.75, 3.05) is 0 Å². The lowest BCUT2D eigenvalue weighted by Crippen LogP contribution is -2.17. The summed E-state index contributed by atoms with van der Waals surface area (Å²) in [5.41, 5.74) is 1.70. The number of carbonyl (C=O) groups excluding carboxylic acids is 1. The van der Waals surface area contributed by atoms with Gasteiger partial charge in [0.05, 0.1) is 10.6 Å². The molecule has 1 aliphatic heterocycles. The van der Waals surface area contributed by atoms with Crippen LogP contribution in [-0.4, -0.2) is 15.2 Å². The number of aromatic nitrogens is 1. The minimum atomic E-state index is -0.145. The third-order valence-electron chi connectivity index (χ3n) is 1.83. The van der Waals surface area contributed by atoms with Gasteiger partial charge in [-0.25, -0.2) is 0 Å². The molecule has 15 heavy (non-hydrogen) atoms. The van der Waals surface area contributed by atoms with E-state index in [1.807, 2.05) is 25.1 Å². The molecular weight excluding hydrogens is 228 g/mol. The predicted molar refractivity (Wildman–Crippen MR) is 65.3 cm³/mol. The largest absolute Gasteiger partial charge is 0.307 e. The van der Waals surface area contributed by atoms with E-state index in [-0.39, 0.29) is 5.91 Å². The van der Waals surface area contributed by atoms with E-state index in [2.05, 4.69) is 10.3 Å². The number of thiocarbonyl (C=S) groups is 1. The number of nitrogens with one attached hydrogen (secondary N) is 1. The lowest BCUT2D eigenvalue weighted by atomic mass is 10.3. The van der Waals surface area contributed by atoms with Crippen molar-refractivity contribution in [3.05, 3.63) is 34.5 Å². The average molecular weight is 236 g/mol. The molecule has 0 aliphatic carbocycles.